The van der Waals surface area contributed by atoms with Gasteiger partial charge >= 0.3 is 0 Å². The lowest BCUT2D eigenvalue weighted by atomic mass is 10.4. The quantitative estimate of drug-likeness (QED) is 0.470. The minimum absolute atomic E-state index is 0.139. The lowest BCUT2D eigenvalue weighted by molar-refractivity contribution is -0.118. The van der Waals surface area contributed by atoms with Gasteiger partial charge in [0.15, 0.2) is 11.5 Å². The normalized spacial score (nSPS) is 10.6. The van der Waals surface area contributed by atoms with Gasteiger partial charge in [-0.1, -0.05) is 0 Å². The molecule has 0 aliphatic heterocycles. The minimum atomic E-state index is -0.235. The molecule has 0 bridgehead atoms. The van der Waals surface area contributed by atoms with E-state index in [0.717, 1.165) is 0 Å². The van der Waals surface area contributed by atoms with Crippen molar-refractivity contribution >= 4 is 11.7 Å². The van der Waals surface area contributed by atoms with Crippen LogP contribution < -0.4 is 5.32 Å². The van der Waals surface area contributed by atoms with Gasteiger partial charge < -0.3 is 10.1 Å². The van der Waals surface area contributed by atoms with Crippen molar-refractivity contribution < 1.29 is 14.3 Å². The van der Waals surface area contributed by atoms with Gasteiger partial charge in [0.2, 0.25) is 5.91 Å². The number of methoxy groups -OCH3 is 1. The van der Waals surface area contributed by atoms with Crippen LogP contribution in [0, 0.1) is 0 Å². The van der Waals surface area contributed by atoms with Gasteiger partial charge in [-0.05, 0) is 0 Å². The Morgan fingerprint density at radius 2 is 1.91 bits per heavy atom. The number of ketones is 1. The topological polar surface area (TPSA) is 55.4 Å². The van der Waals surface area contributed by atoms with Crippen LogP contribution in [0.15, 0.2) is 12.0 Å². The average molecular weight is 157 g/mol. The molecule has 62 valence electrons. The van der Waals surface area contributed by atoms with Crippen molar-refractivity contribution in [1.29, 1.82) is 0 Å². The molecular weight excluding hydrogens is 146 g/mol. The summed E-state index contributed by atoms with van der Waals surface area (Å²) >= 11 is 0. The van der Waals surface area contributed by atoms with E-state index in [-0.39, 0.29) is 17.4 Å². The summed E-state index contributed by atoms with van der Waals surface area (Å²) in [6.45, 7) is 2.71. The summed E-state index contributed by atoms with van der Waals surface area (Å²) in [4.78, 5) is 21.0. The van der Waals surface area contributed by atoms with E-state index in [9.17, 15) is 9.59 Å². The molecule has 0 atom stereocenters. The molecule has 0 aromatic rings. The van der Waals surface area contributed by atoms with Crippen molar-refractivity contribution in [2.24, 2.45) is 0 Å². The van der Waals surface area contributed by atoms with Crippen LogP contribution in [0.3, 0.4) is 0 Å². The second-order valence-corrected chi connectivity index (χ2v) is 1.97. The second-order valence-electron chi connectivity index (χ2n) is 1.97. The first-order chi connectivity index (χ1) is 5.07. The standard InChI is InChI=1S/C7H11NO3/c1-5(9)7(11-3)4-8-6(2)10/h4H,1-3H3,(H,8,10)/b7-4+. The Labute approximate surface area is 65.2 Å². The fourth-order valence-electron chi connectivity index (χ4n) is 0.471. The number of carbonyl (C=O) groups excluding carboxylic acids is 2. The van der Waals surface area contributed by atoms with E-state index in [0.29, 0.717) is 0 Å². The Morgan fingerprint density at radius 1 is 1.36 bits per heavy atom. The third-order valence-electron chi connectivity index (χ3n) is 0.973. The van der Waals surface area contributed by atoms with Crippen LogP contribution in [0.4, 0.5) is 0 Å². The van der Waals surface area contributed by atoms with E-state index in [1.54, 1.807) is 0 Å². The molecule has 0 spiro atoms. The first-order valence-corrected chi connectivity index (χ1v) is 3.10. The van der Waals surface area contributed by atoms with Crippen LogP contribution >= 0.6 is 0 Å². The molecule has 0 rings (SSSR count). The van der Waals surface area contributed by atoms with Gasteiger partial charge in [-0.3, -0.25) is 9.59 Å². The van der Waals surface area contributed by atoms with Gasteiger partial charge in [0.1, 0.15) is 0 Å². The first kappa shape index (κ1) is 9.68. The molecule has 1 amide bonds. The van der Waals surface area contributed by atoms with E-state index in [4.69, 9.17) is 0 Å². The summed E-state index contributed by atoms with van der Waals surface area (Å²) in [5, 5.41) is 2.33. The number of allylic oxidation sites excluding steroid dienone is 1. The van der Waals surface area contributed by atoms with Gasteiger partial charge in [-0.2, -0.15) is 0 Å². The van der Waals surface area contributed by atoms with Crippen molar-refractivity contribution in [2.45, 2.75) is 13.8 Å². The van der Waals surface area contributed by atoms with Crippen molar-refractivity contribution in [3.8, 4) is 0 Å². The molecule has 0 heterocycles. The smallest absolute Gasteiger partial charge is 0.220 e. The van der Waals surface area contributed by atoms with E-state index in [2.05, 4.69) is 10.1 Å². The van der Waals surface area contributed by atoms with E-state index < -0.39 is 0 Å². The van der Waals surface area contributed by atoms with Crippen molar-refractivity contribution in [3.05, 3.63) is 12.0 Å². The first-order valence-electron chi connectivity index (χ1n) is 3.10. The lowest BCUT2D eigenvalue weighted by Crippen LogP contribution is -2.15. The molecule has 11 heavy (non-hydrogen) atoms. The Kier molecular flexibility index (Phi) is 3.95. The Hall–Kier alpha value is -1.32. The van der Waals surface area contributed by atoms with Crippen LogP contribution in [0.2, 0.25) is 0 Å². The number of rotatable bonds is 3. The van der Waals surface area contributed by atoms with E-state index in [1.807, 2.05) is 0 Å². The number of carbonyl (C=O) groups is 2. The lowest BCUT2D eigenvalue weighted by Gasteiger charge is -2.00. The molecule has 4 heteroatoms. The highest BCUT2D eigenvalue weighted by Crippen LogP contribution is 1.93. The Bertz CT molecular complexity index is 196. The largest absolute Gasteiger partial charge is 0.492 e. The summed E-state index contributed by atoms with van der Waals surface area (Å²) in [5.74, 6) is -0.317. The van der Waals surface area contributed by atoms with Crippen molar-refractivity contribution in [1.82, 2.24) is 5.32 Å². The van der Waals surface area contributed by atoms with Crippen molar-refractivity contribution in [3.63, 3.8) is 0 Å². The highest BCUT2D eigenvalue weighted by molar-refractivity contribution is 5.91. The third kappa shape index (κ3) is 4.13. The molecule has 4 nitrogen and oxygen atoms in total. The Balaban J connectivity index is 4.13. The van der Waals surface area contributed by atoms with Gasteiger partial charge in [0.25, 0.3) is 0 Å². The molecule has 0 saturated carbocycles. The molecule has 0 unspecified atom stereocenters. The van der Waals surface area contributed by atoms with Crippen molar-refractivity contribution in [2.75, 3.05) is 7.11 Å². The fourth-order valence-corrected chi connectivity index (χ4v) is 0.471. The highest BCUT2D eigenvalue weighted by Gasteiger charge is 2.01. The molecule has 0 aromatic heterocycles. The number of hydrogen-bond acceptors (Lipinski definition) is 3. The zero-order valence-corrected chi connectivity index (χ0v) is 6.80. The summed E-state index contributed by atoms with van der Waals surface area (Å²) in [5.41, 5.74) is 0. The number of amides is 1. The highest BCUT2D eigenvalue weighted by atomic mass is 16.5. The SMILES string of the molecule is CO/C(=C/NC(C)=O)C(C)=O. The Morgan fingerprint density at radius 3 is 2.18 bits per heavy atom. The maximum atomic E-state index is 10.6. The molecule has 0 aliphatic carbocycles. The molecule has 0 aromatic carbocycles. The average Bonchev–Trinajstić information content (AvgIpc) is 1.87. The molecule has 0 saturated heterocycles. The van der Waals surface area contributed by atoms with Crippen LogP contribution in [0.25, 0.3) is 0 Å². The summed E-state index contributed by atoms with van der Waals surface area (Å²) < 4.78 is 4.66. The minimum Gasteiger partial charge on any atom is -0.492 e. The van der Waals surface area contributed by atoms with E-state index >= 15 is 0 Å². The van der Waals surface area contributed by atoms with Gasteiger partial charge in [-0.25, -0.2) is 0 Å². The summed E-state index contributed by atoms with van der Waals surface area (Å²) in [6, 6.07) is 0. The third-order valence-corrected chi connectivity index (χ3v) is 0.973. The summed E-state index contributed by atoms with van der Waals surface area (Å²) in [7, 11) is 1.37. The number of ether oxygens (including phenoxy) is 1. The molecule has 0 fully saturated rings. The second kappa shape index (κ2) is 4.49. The predicted octanol–water partition coefficient (Wildman–Crippen LogP) is 0.199. The zero-order valence-electron chi connectivity index (χ0n) is 6.80. The van der Waals surface area contributed by atoms with Gasteiger partial charge in [-0.15, -0.1) is 0 Å². The molecule has 0 radical (unpaired) electrons. The maximum absolute atomic E-state index is 10.6. The van der Waals surface area contributed by atoms with Crippen LogP contribution in [0.1, 0.15) is 13.8 Å². The maximum Gasteiger partial charge on any atom is 0.220 e. The number of nitrogens with one attached hydrogen (secondary N) is 1. The van der Waals surface area contributed by atoms with Gasteiger partial charge in [0.05, 0.1) is 7.11 Å². The van der Waals surface area contributed by atoms with Crippen LogP contribution in [0.5, 0.6) is 0 Å². The monoisotopic (exact) mass is 157 g/mol. The number of Topliss-reactive ketones (excluding diaryl/α,β-unsaturated/α-hetero) is 1. The van der Waals surface area contributed by atoms with E-state index in [1.165, 1.54) is 27.2 Å². The van der Waals surface area contributed by atoms with Gasteiger partial charge in [0, 0.05) is 20.0 Å². The summed E-state index contributed by atoms with van der Waals surface area (Å²) in [6.07, 6.45) is 1.24. The molecule has 0 aliphatic rings. The molecule has 1 N–H and O–H groups in total. The number of hydrogen-bond donors (Lipinski definition) is 1. The zero-order chi connectivity index (χ0) is 8.85. The molecular formula is C7H11NO3. The van der Waals surface area contributed by atoms with Crippen LogP contribution in [-0.4, -0.2) is 18.8 Å². The van der Waals surface area contributed by atoms with Crippen LogP contribution in [-0.2, 0) is 14.3 Å². The predicted molar refractivity (Wildman–Crippen MR) is 39.6 cm³/mol. The fraction of sp³-hybridized carbons (Fsp3) is 0.429.